The summed E-state index contributed by atoms with van der Waals surface area (Å²) in [5.41, 5.74) is 0.914. The van der Waals surface area contributed by atoms with E-state index in [0.717, 1.165) is 23.6 Å². The molecule has 0 heterocycles. The number of benzene rings is 1. The zero-order chi connectivity index (χ0) is 15.2. The fourth-order valence-corrected chi connectivity index (χ4v) is 2.72. The molecule has 1 aromatic rings. The van der Waals surface area contributed by atoms with Crippen molar-refractivity contribution in [3.05, 3.63) is 23.8 Å². The van der Waals surface area contributed by atoms with Crippen molar-refractivity contribution in [1.29, 1.82) is 0 Å². The van der Waals surface area contributed by atoms with Crippen LogP contribution in [0.4, 0.5) is 0 Å². The van der Waals surface area contributed by atoms with Crippen LogP contribution >= 0.6 is 0 Å². The predicted octanol–water partition coefficient (Wildman–Crippen LogP) is 1.79. The molecular formula is C14H23NO4S. The van der Waals surface area contributed by atoms with Crippen LogP contribution in [0.3, 0.4) is 0 Å². The number of ether oxygens (including phenoxy) is 2. The molecular weight excluding hydrogens is 278 g/mol. The molecule has 1 rings (SSSR count). The maximum Gasteiger partial charge on any atom is 0.147 e. The van der Waals surface area contributed by atoms with E-state index >= 15 is 0 Å². The molecule has 0 aliphatic rings. The Hall–Kier alpha value is -1.27. The lowest BCUT2D eigenvalue weighted by Gasteiger charge is -2.21. The van der Waals surface area contributed by atoms with E-state index in [1.807, 2.05) is 25.1 Å². The molecule has 5 nitrogen and oxygen atoms in total. The Kier molecular flexibility index (Phi) is 6.29. The fraction of sp³-hybridized carbons (Fsp3) is 0.571. The summed E-state index contributed by atoms with van der Waals surface area (Å²) < 4.78 is 33.3. The summed E-state index contributed by atoms with van der Waals surface area (Å²) in [6.07, 6.45) is 1.75. The van der Waals surface area contributed by atoms with Gasteiger partial charge in [-0.15, -0.1) is 0 Å². The lowest BCUT2D eigenvalue weighted by molar-refractivity contribution is 0.388. The molecule has 0 radical (unpaired) electrons. The standard InChI is InChI=1S/C14H23NO4S/c1-5-15-13(8-9-20(4,16)17)12-10-11(18-2)6-7-14(12)19-3/h6-7,10,13,15H,5,8-9H2,1-4H3. The van der Waals surface area contributed by atoms with E-state index < -0.39 is 9.84 Å². The highest BCUT2D eigenvalue weighted by Crippen LogP contribution is 2.31. The Bertz CT molecular complexity index is 528. The first-order valence-electron chi connectivity index (χ1n) is 6.54. The average Bonchev–Trinajstić information content (AvgIpc) is 2.41. The van der Waals surface area contributed by atoms with Gasteiger partial charge in [-0.3, -0.25) is 0 Å². The first kappa shape index (κ1) is 16.8. The highest BCUT2D eigenvalue weighted by atomic mass is 32.2. The smallest absolute Gasteiger partial charge is 0.147 e. The zero-order valence-corrected chi connectivity index (χ0v) is 13.3. The first-order chi connectivity index (χ1) is 9.41. The minimum atomic E-state index is -2.99. The molecule has 1 atom stereocenters. The van der Waals surface area contributed by atoms with Gasteiger partial charge < -0.3 is 14.8 Å². The van der Waals surface area contributed by atoms with Gasteiger partial charge in [-0.25, -0.2) is 8.42 Å². The third-order valence-electron chi connectivity index (χ3n) is 3.04. The molecule has 0 saturated heterocycles. The summed E-state index contributed by atoms with van der Waals surface area (Å²) in [5, 5.41) is 3.30. The van der Waals surface area contributed by atoms with Crippen LogP contribution in [0.1, 0.15) is 24.9 Å². The Labute approximate surface area is 121 Å². The van der Waals surface area contributed by atoms with E-state index in [4.69, 9.17) is 9.47 Å². The summed E-state index contributed by atoms with van der Waals surface area (Å²) in [5.74, 6) is 1.58. The number of hydrogen-bond acceptors (Lipinski definition) is 5. The fourth-order valence-electron chi connectivity index (χ4n) is 2.06. The summed E-state index contributed by atoms with van der Waals surface area (Å²) in [7, 11) is 0.211. The number of rotatable bonds is 8. The molecule has 6 heteroatoms. The molecule has 0 aliphatic heterocycles. The molecule has 0 fully saturated rings. The van der Waals surface area contributed by atoms with Crippen LogP contribution in [0.25, 0.3) is 0 Å². The maximum absolute atomic E-state index is 11.4. The van der Waals surface area contributed by atoms with Crippen LogP contribution in [-0.2, 0) is 9.84 Å². The lowest BCUT2D eigenvalue weighted by Crippen LogP contribution is -2.24. The minimum absolute atomic E-state index is 0.0835. The van der Waals surface area contributed by atoms with Gasteiger partial charge in [0.1, 0.15) is 21.3 Å². The van der Waals surface area contributed by atoms with Gasteiger partial charge in [0, 0.05) is 17.9 Å². The Balaban J connectivity index is 3.05. The van der Waals surface area contributed by atoms with Crippen molar-refractivity contribution < 1.29 is 17.9 Å². The van der Waals surface area contributed by atoms with Crippen molar-refractivity contribution in [3.63, 3.8) is 0 Å². The van der Waals surface area contributed by atoms with Gasteiger partial charge in [0.2, 0.25) is 0 Å². The zero-order valence-electron chi connectivity index (χ0n) is 12.5. The van der Waals surface area contributed by atoms with E-state index in [1.54, 1.807) is 14.2 Å². The van der Waals surface area contributed by atoms with Crippen molar-refractivity contribution in [2.45, 2.75) is 19.4 Å². The van der Waals surface area contributed by atoms with Crippen molar-refractivity contribution in [3.8, 4) is 11.5 Å². The van der Waals surface area contributed by atoms with Gasteiger partial charge in [0.15, 0.2) is 0 Å². The Morgan fingerprint density at radius 3 is 2.45 bits per heavy atom. The van der Waals surface area contributed by atoms with Crippen LogP contribution in [0, 0.1) is 0 Å². The summed E-state index contributed by atoms with van der Waals surface area (Å²) >= 11 is 0. The molecule has 0 bridgehead atoms. The Morgan fingerprint density at radius 1 is 1.25 bits per heavy atom. The molecule has 114 valence electrons. The largest absolute Gasteiger partial charge is 0.497 e. The summed E-state index contributed by atoms with van der Waals surface area (Å²) in [6.45, 7) is 2.73. The van der Waals surface area contributed by atoms with Crippen LogP contribution < -0.4 is 14.8 Å². The monoisotopic (exact) mass is 301 g/mol. The normalized spacial score (nSPS) is 13.0. The van der Waals surface area contributed by atoms with Crippen molar-refractivity contribution in [1.82, 2.24) is 5.32 Å². The quantitative estimate of drug-likeness (QED) is 0.793. The van der Waals surface area contributed by atoms with E-state index in [-0.39, 0.29) is 11.8 Å². The van der Waals surface area contributed by atoms with Gasteiger partial charge >= 0.3 is 0 Å². The van der Waals surface area contributed by atoms with E-state index in [1.165, 1.54) is 6.26 Å². The number of methoxy groups -OCH3 is 2. The number of sulfone groups is 1. The highest BCUT2D eigenvalue weighted by molar-refractivity contribution is 7.90. The second-order valence-electron chi connectivity index (χ2n) is 4.64. The molecule has 0 saturated carbocycles. The summed E-state index contributed by atoms with van der Waals surface area (Å²) in [6, 6.07) is 5.45. The van der Waals surface area contributed by atoms with Crippen LogP contribution in [0.2, 0.25) is 0 Å². The van der Waals surface area contributed by atoms with Crippen molar-refractivity contribution >= 4 is 9.84 Å². The summed E-state index contributed by atoms with van der Waals surface area (Å²) in [4.78, 5) is 0. The van der Waals surface area contributed by atoms with Gasteiger partial charge in [-0.2, -0.15) is 0 Å². The van der Waals surface area contributed by atoms with Gasteiger partial charge in [0.05, 0.1) is 20.0 Å². The van der Waals surface area contributed by atoms with Crippen molar-refractivity contribution in [2.75, 3.05) is 32.8 Å². The topological polar surface area (TPSA) is 64.6 Å². The van der Waals surface area contributed by atoms with Crippen LogP contribution in [0.15, 0.2) is 18.2 Å². The van der Waals surface area contributed by atoms with Crippen molar-refractivity contribution in [2.24, 2.45) is 0 Å². The van der Waals surface area contributed by atoms with Gasteiger partial charge in [-0.1, -0.05) is 6.92 Å². The second-order valence-corrected chi connectivity index (χ2v) is 6.90. The Morgan fingerprint density at radius 2 is 1.95 bits per heavy atom. The van der Waals surface area contributed by atoms with E-state index in [0.29, 0.717) is 6.42 Å². The molecule has 0 aromatic heterocycles. The number of hydrogen-bond donors (Lipinski definition) is 1. The molecule has 1 unspecified atom stereocenters. The van der Waals surface area contributed by atoms with Crippen LogP contribution in [-0.4, -0.2) is 41.2 Å². The third-order valence-corrected chi connectivity index (χ3v) is 4.02. The van der Waals surface area contributed by atoms with E-state index in [2.05, 4.69) is 5.32 Å². The molecule has 0 amide bonds. The van der Waals surface area contributed by atoms with Gasteiger partial charge in [-0.05, 0) is 31.2 Å². The highest BCUT2D eigenvalue weighted by Gasteiger charge is 2.18. The van der Waals surface area contributed by atoms with Gasteiger partial charge in [0.25, 0.3) is 0 Å². The third kappa shape index (κ3) is 5.02. The SMILES string of the molecule is CCNC(CCS(C)(=O)=O)c1cc(OC)ccc1OC. The second kappa shape index (κ2) is 7.50. The lowest BCUT2D eigenvalue weighted by atomic mass is 10.0. The van der Waals surface area contributed by atoms with E-state index in [9.17, 15) is 8.42 Å². The first-order valence-corrected chi connectivity index (χ1v) is 8.60. The molecule has 1 aromatic carbocycles. The minimum Gasteiger partial charge on any atom is -0.497 e. The molecule has 0 aliphatic carbocycles. The molecule has 0 spiro atoms. The molecule has 20 heavy (non-hydrogen) atoms. The predicted molar refractivity (Wildman–Crippen MR) is 80.3 cm³/mol. The maximum atomic E-state index is 11.4. The molecule has 1 N–H and O–H groups in total. The average molecular weight is 301 g/mol. The number of nitrogens with one attached hydrogen (secondary N) is 1. The van der Waals surface area contributed by atoms with Crippen LogP contribution in [0.5, 0.6) is 11.5 Å².